The van der Waals surface area contributed by atoms with Gasteiger partial charge in [0.15, 0.2) is 16.1 Å². The van der Waals surface area contributed by atoms with Crippen LogP contribution in [0.1, 0.15) is 41.6 Å². The number of nitrogens with zero attached hydrogens (tertiary/aromatic N) is 4. The first-order valence-electron chi connectivity index (χ1n) is 10.1. The summed E-state index contributed by atoms with van der Waals surface area (Å²) in [6.07, 6.45) is 3.38. The van der Waals surface area contributed by atoms with Crippen LogP contribution in [0.5, 0.6) is 0 Å². The average Bonchev–Trinajstić information content (AvgIpc) is 3.40. The summed E-state index contributed by atoms with van der Waals surface area (Å²) in [5.74, 6) is 0.522. The zero-order chi connectivity index (χ0) is 23.1. The molecule has 2 N–H and O–H groups in total. The fourth-order valence-corrected chi connectivity index (χ4v) is 4.35. The number of hydrogen-bond donors (Lipinski definition) is 2. The highest BCUT2D eigenvalue weighted by Crippen LogP contribution is 2.26. The first kappa shape index (κ1) is 23.7. The molecule has 2 heterocycles. The molecule has 3 rings (SSSR count). The molecule has 0 bridgehead atoms. The molecule has 0 fully saturated rings. The number of benzene rings is 1. The predicted octanol–water partition coefficient (Wildman–Crippen LogP) is 4.09. The number of nitrogens with one attached hydrogen (secondary N) is 2. The first-order chi connectivity index (χ1) is 15.4. The fraction of sp³-hybridized carbons (Fsp3) is 0.318. The van der Waals surface area contributed by atoms with Gasteiger partial charge in [-0.2, -0.15) is 0 Å². The van der Waals surface area contributed by atoms with Gasteiger partial charge in [-0.05, 0) is 25.0 Å². The molecule has 1 atom stereocenters. The van der Waals surface area contributed by atoms with Crippen molar-refractivity contribution in [1.82, 2.24) is 25.1 Å². The molecule has 0 unspecified atom stereocenters. The van der Waals surface area contributed by atoms with Crippen molar-refractivity contribution < 1.29 is 9.59 Å². The van der Waals surface area contributed by atoms with Gasteiger partial charge in [0.25, 0.3) is 5.91 Å². The van der Waals surface area contributed by atoms with Crippen molar-refractivity contribution >= 4 is 40.0 Å². The summed E-state index contributed by atoms with van der Waals surface area (Å²) in [4.78, 5) is 29.2. The van der Waals surface area contributed by atoms with E-state index in [0.717, 1.165) is 5.56 Å². The van der Waals surface area contributed by atoms with Gasteiger partial charge in [-0.3, -0.25) is 9.59 Å². The van der Waals surface area contributed by atoms with E-state index in [1.54, 1.807) is 23.7 Å². The lowest BCUT2D eigenvalue weighted by Crippen LogP contribution is -2.34. The SMILES string of the molecule is C=CCn1c(SCC(=O)Nc2nccs2)nnc1[C@H](NC(=O)c1cccc(C)c1)C(C)C. The van der Waals surface area contributed by atoms with Crippen molar-refractivity contribution in [3.8, 4) is 0 Å². The molecule has 3 aromatic rings. The van der Waals surface area contributed by atoms with Crippen LogP contribution >= 0.6 is 23.1 Å². The van der Waals surface area contributed by atoms with Gasteiger partial charge in [0.05, 0.1) is 11.8 Å². The molecule has 2 aromatic heterocycles. The third-order valence-electron chi connectivity index (χ3n) is 4.58. The second kappa shape index (κ2) is 11.1. The third kappa shape index (κ3) is 6.04. The molecule has 0 saturated heterocycles. The van der Waals surface area contributed by atoms with Crippen LogP contribution < -0.4 is 10.6 Å². The zero-order valence-electron chi connectivity index (χ0n) is 18.2. The number of aryl methyl sites for hydroxylation is 1. The van der Waals surface area contributed by atoms with Gasteiger partial charge >= 0.3 is 0 Å². The van der Waals surface area contributed by atoms with Crippen LogP contribution in [0.25, 0.3) is 0 Å². The molecule has 2 amide bonds. The Hall–Kier alpha value is -2.98. The van der Waals surface area contributed by atoms with Gasteiger partial charge in [-0.25, -0.2) is 4.98 Å². The minimum atomic E-state index is -0.353. The second-order valence-corrected chi connectivity index (χ2v) is 9.32. The second-order valence-electron chi connectivity index (χ2n) is 7.48. The fourth-order valence-electron chi connectivity index (χ4n) is 3.05. The molecule has 10 heteroatoms. The van der Waals surface area contributed by atoms with E-state index in [-0.39, 0.29) is 29.5 Å². The number of hydrogen-bond acceptors (Lipinski definition) is 7. The molecule has 0 spiro atoms. The minimum Gasteiger partial charge on any atom is -0.342 e. The summed E-state index contributed by atoms with van der Waals surface area (Å²) in [6, 6.07) is 7.10. The van der Waals surface area contributed by atoms with E-state index < -0.39 is 0 Å². The topological polar surface area (TPSA) is 102 Å². The van der Waals surface area contributed by atoms with Crippen molar-refractivity contribution in [3.05, 3.63) is 65.4 Å². The van der Waals surface area contributed by atoms with E-state index in [1.807, 2.05) is 43.5 Å². The van der Waals surface area contributed by atoms with Crippen LogP contribution in [0.15, 0.2) is 53.7 Å². The monoisotopic (exact) mass is 470 g/mol. The van der Waals surface area contributed by atoms with E-state index in [2.05, 4.69) is 32.4 Å². The lowest BCUT2D eigenvalue weighted by Gasteiger charge is -2.22. The molecule has 168 valence electrons. The molecular formula is C22H26N6O2S2. The maximum atomic E-state index is 12.9. The Kier molecular flexibility index (Phi) is 8.18. The Labute approximate surface area is 195 Å². The summed E-state index contributed by atoms with van der Waals surface area (Å²) < 4.78 is 1.88. The number of thiazole rings is 1. The Morgan fingerprint density at radius 2 is 2.12 bits per heavy atom. The molecule has 8 nitrogen and oxygen atoms in total. The minimum absolute atomic E-state index is 0.0718. The van der Waals surface area contributed by atoms with Gasteiger partial charge in [-0.1, -0.05) is 49.4 Å². The average molecular weight is 471 g/mol. The van der Waals surface area contributed by atoms with Crippen LogP contribution in [0.3, 0.4) is 0 Å². The lowest BCUT2D eigenvalue weighted by atomic mass is 10.0. The van der Waals surface area contributed by atoms with Crippen LogP contribution in [-0.4, -0.2) is 37.3 Å². The quantitative estimate of drug-likeness (QED) is 0.342. The Balaban J connectivity index is 1.76. The van der Waals surface area contributed by atoms with Crippen LogP contribution in [-0.2, 0) is 11.3 Å². The Bertz CT molecular complexity index is 1080. The standard InChI is InChI=1S/C22H26N6O2S2/c1-5-10-28-19(18(14(2)3)25-20(30)16-8-6-7-15(4)12-16)26-27-22(28)32-13-17(29)24-21-23-9-11-31-21/h5-9,11-12,14,18H,1,10,13H2,2-4H3,(H,25,30)(H,23,24,29)/t18-/m1/s1. The summed E-state index contributed by atoms with van der Waals surface area (Å²) in [5, 5.41) is 17.4. The Morgan fingerprint density at radius 3 is 2.78 bits per heavy atom. The zero-order valence-corrected chi connectivity index (χ0v) is 19.9. The van der Waals surface area contributed by atoms with Crippen molar-refractivity contribution in [2.75, 3.05) is 11.1 Å². The van der Waals surface area contributed by atoms with E-state index >= 15 is 0 Å². The molecule has 0 radical (unpaired) electrons. The van der Waals surface area contributed by atoms with Gasteiger partial charge < -0.3 is 15.2 Å². The number of carbonyl (C=O) groups excluding carboxylic acids is 2. The van der Waals surface area contributed by atoms with Gasteiger partial charge in [0.2, 0.25) is 5.91 Å². The molecular weight excluding hydrogens is 444 g/mol. The van der Waals surface area contributed by atoms with Crippen molar-refractivity contribution in [2.45, 2.75) is 38.5 Å². The highest BCUT2D eigenvalue weighted by molar-refractivity contribution is 7.99. The normalized spacial score (nSPS) is 11.9. The van der Waals surface area contributed by atoms with Gasteiger partial charge in [-0.15, -0.1) is 28.1 Å². The number of thioether (sulfide) groups is 1. The first-order valence-corrected chi connectivity index (χ1v) is 12.0. The molecule has 0 aliphatic rings. The van der Waals surface area contributed by atoms with Crippen LogP contribution in [0.2, 0.25) is 0 Å². The van der Waals surface area contributed by atoms with Crippen LogP contribution in [0, 0.1) is 12.8 Å². The number of rotatable bonds is 10. The summed E-state index contributed by atoms with van der Waals surface area (Å²) >= 11 is 2.64. The largest absolute Gasteiger partial charge is 0.342 e. The van der Waals surface area contributed by atoms with Gasteiger partial charge in [0, 0.05) is 23.7 Å². The maximum Gasteiger partial charge on any atom is 0.251 e. The summed E-state index contributed by atoms with van der Waals surface area (Å²) in [6.45, 7) is 10.3. The number of allylic oxidation sites excluding steroid dienone is 1. The van der Waals surface area contributed by atoms with E-state index in [1.165, 1.54) is 23.1 Å². The number of anilines is 1. The summed E-state index contributed by atoms with van der Waals surface area (Å²) in [5.41, 5.74) is 1.61. The highest BCUT2D eigenvalue weighted by Gasteiger charge is 2.26. The Morgan fingerprint density at radius 1 is 1.31 bits per heavy atom. The van der Waals surface area contributed by atoms with E-state index in [9.17, 15) is 9.59 Å². The molecule has 0 aliphatic carbocycles. The molecule has 0 aliphatic heterocycles. The van der Waals surface area contributed by atoms with Crippen molar-refractivity contribution in [2.24, 2.45) is 5.92 Å². The third-order valence-corrected chi connectivity index (χ3v) is 6.24. The number of aromatic nitrogens is 4. The molecule has 0 saturated carbocycles. The van der Waals surface area contributed by atoms with E-state index in [0.29, 0.717) is 28.2 Å². The van der Waals surface area contributed by atoms with Crippen molar-refractivity contribution in [1.29, 1.82) is 0 Å². The van der Waals surface area contributed by atoms with E-state index in [4.69, 9.17) is 0 Å². The van der Waals surface area contributed by atoms with Gasteiger partial charge in [0.1, 0.15) is 0 Å². The van der Waals surface area contributed by atoms with Crippen molar-refractivity contribution in [3.63, 3.8) is 0 Å². The lowest BCUT2D eigenvalue weighted by molar-refractivity contribution is -0.113. The molecule has 1 aromatic carbocycles. The molecule has 32 heavy (non-hydrogen) atoms. The number of amides is 2. The summed E-state index contributed by atoms with van der Waals surface area (Å²) in [7, 11) is 0. The highest BCUT2D eigenvalue weighted by atomic mass is 32.2. The van der Waals surface area contributed by atoms with Crippen LogP contribution in [0.4, 0.5) is 5.13 Å². The smallest absolute Gasteiger partial charge is 0.251 e. The predicted molar refractivity (Wildman–Crippen MR) is 128 cm³/mol. The maximum absolute atomic E-state index is 12.9. The number of carbonyl (C=O) groups is 2.